The molecule has 1 aromatic rings. The van der Waals surface area contributed by atoms with Gasteiger partial charge in [0, 0.05) is 24.8 Å². The standard InChI is InChI=1S/C12H17N3O2/c1-3-6-13-9-11(16)15-8-10-5-4-7-14-12(10)17-2/h3-5,7,13H,1,6,8-9H2,2H3,(H,15,16). The molecule has 0 aliphatic carbocycles. The van der Waals surface area contributed by atoms with Gasteiger partial charge < -0.3 is 15.4 Å². The number of aromatic nitrogens is 1. The Bertz CT molecular complexity index is 380. The highest BCUT2D eigenvalue weighted by Gasteiger charge is 2.05. The fourth-order valence-corrected chi connectivity index (χ4v) is 1.29. The number of amides is 1. The lowest BCUT2D eigenvalue weighted by atomic mass is 10.2. The third-order valence-corrected chi connectivity index (χ3v) is 2.09. The third kappa shape index (κ3) is 4.65. The molecule has 1 aromatic heterocycles. The first-order valence-electron chi connectivity index (χ1n) is 5.34. The minimum absolute atomic E-state index is 0.0715. The maximum atomic E-state index is 11.4. The van der Waals surface area contributed by atoms with E-state index in [0.717, 1.165) is 5.56 Å². The Hall–Kier alpha value is -1.88. The Morgan fingerprint density at radius 2 is 2.47 bits per heavy atom. The van der Waals surface area contributed by atoms with Crippen molar-refractivity contribution in [3.05, 3.63) is 36.5 Å². The fraction of sp³-hybridized carbons (Fsp3) is 0.333. The topological polar surface area (TPSA) is 63.2 Å². The van der Waals surface area contributed by atoms with E-state index in [4.69, 9.17) is 4.74 Å². The maximum Gasteiger partial charge on any atom is 0.234 e. The van der Waals surface area contributed by atoms with E-state index in [1.807, 2.05) is 6.07 Å². The van der Waals surface area contributed by atoms with Gasteiger partial charge in [0.1, 0.15) is 0 Å². The van der Waals surface area contributed by atoms with Gasteiger partial charge in [0.2, 0.25) is 11.8 Å². The predicted octanol–water partition coefficient (Wildman–Crippen LogP) is 0.482. The zero-order valence-corrected chi connectivity index (χ0v) is 9.90. The summed E-state index contributed by atoms with van der Waals surface area (Å²) in [6.45, 7) is 4.85. The van der Waals surface area contributed by atoms with E-state index in [0.29, 0.717) is 19.0 Å². The molecule has 1 rings (SSSR count). The molecule has 0 unspecified atom stereocenters. The molecule has 2 N–H and O–H groups in total. The van der Waals surface area contributed by atoms with Gasteiger partial charge in [0.25, 0.3) is 0 Å². The number of nitrogens with one attached hydrogen (secondary N) is 2. The predicted molar refractivity (Wildman–Crippen MR) is 65.7 cm³/mol. The second kappa shape index (κ2) is 7.40. The zero-order chi connectivity index (χ0) is 12.5. The monoisotopic (exact) mass is 235 g/mol. The smallest absolute Gasteiger partial charge is 0.234 e. The SMILES string of the molecule is C=CCNCC(=O)NCc1cccnc1OC. The van der Waals surface area contributed by atoms with E-state index in [9.17, 15) is 4.79 Å². The van der Waals surface area contributed by atoms with E-state index >= 15 is 0 Å². The second-order valence-corrected chi connectivity index (χ2v) is 3.37. The fourth-order valence-electron chi connectivity index (χ4n) is 1.29. The van der Waals surface area contributed by atoms with E-state index in [2.05, 4.69) is 22.2 Å². The van der Waals surface area contributed by atoms with Crippen LogP contribution in [0.3, 0.4) is 0 Å². The molecule has 5 nitrogen and oxygen atoms in total. The lowest BCUT2D eigenvalue weighted by molar-refractivity contribution is -0.120. The summed E-state index contributed by atoms with van der Waals surface area (Å²) in [5.74, 6) is 0.463. The summed E-state index contributed by atoms with van der Waals surface area (Å²) in [5, 5.41) is 5.70. The molecule has 1 heterocycles. The number of methoxy groups -OCH3 is 1. The molecule has 0 spiro atoms. The van der Waals surface area contributed by atoms with Crippen LogP contribution in [-0.4, -0.2) is 31.1 Å². The molecule has 92 valence electrons. The molecule has 0 atom stereocenters. The van der Waals surface area contributed by atoms with Crippen molar-refractivity contribution in [2.45, 2.75) is 6.54 Å². The van der Waals surface area contributed by atoms with Crippen molar-refractivity contribution >= 4 is 5.91 Å². The van der Waals surface area contributed by atoms with Crippen LogP contribution in [0.1, 0.15) is 5.56 Å². The number of pyridine rings is 1. The molecule has 0 radical (unpaired) electrons. The Labute approximate surface area is 101 Å². The molecule has 1 amide bonds. The Kier molecular flexibility index (Phi) is 5.74. The molecular weight excluding hydrogens is 218 g/mol. The summed E-state index contributed by atoms with van der Waals surface area (Å²) in [6, 6.07) is 3.67. The zero-order valence-electron chi connectivity index (χ0n) is 9.90. The van der Waals surface area contributed by atoms with E-state index in [1.165, 1.54) is 0 Å². The first-order valence-corrected chi connectivity index (χ1v) is 5.34. The molecule has 0 bridgehead atoms. The van der Waals surface area contributed by atoms with Crippen LogP contribution in [0.5, 0.6) is 5.88 Å². The van der Waals surface area contributed by atoms with Crippen LogP contribution in [0.25, 0.3) is 0 Å². The van der Waals surface area contributed by atoms with Crippen LogP contribution >= 0.6 is 0 Å². The summed E-state index contributed by atoms with van der Waals surface area (Å²) < 4.78 is 5.08. The maximum absolute atomic E-state index is 11.4. The molecular formula is C12H17N3O2. The molecule has 0 aliphatic rings. The number of rotatable bonds is 7. The van der Waals surface area contributed by atoms with Gasteiger partial charge in [0.05, 0.1) is 13.7 Å². The van der Waals surface area contributed by atoms with Gasteiger partial charge in [-0.25, -0.2) is 4.98 Å². The van der Waals surface area contributed by atoms with Crippen molar-refractivity contribution in [2.75, 3.05) is 20.2 Å². The van der Waals surface area contributed by atoms with E-state index in [-0.39, 0.29) is 12.5 Å². The highest BCUT2D eigenvalue weighted by atomic mass is 16.5. The number of ether oxygens (including phenoxy) is 1. The van der Waals surface area contributed by atoms with E-state index in [1.54, 1.807) is 25.4 Å². The van der Waals surface area contributed by atoms with Crippen molar-refractivity contribution in [2.24, 2.45) is 0 Å². The Morgan fingerprint density at radius 3 is 3.18 bits per heavy atom. The number of hydrogen-bond donors (Lipinski definition) is 2. The number of carbonyl (C=O) groups is 1. The van der Waals surface area contributed by atoms with Crippen molar-refractivity contribution in [3.63, 3.8) is 0 Å². The van der Waals surface area contributed by atoms with Crippen molar-refractivity contribution in [3.8, 4) is 5.88 Å². The number of hydrogen-bond acceptors (Lipinski definition) is 4. The molecule has 17 heavy (non-hydrogen) atoms. The van der Waals surface area contributed by atoms with Gasteiger partial charge in [-0.2, -0.15) is 0 Å². The average molecular weight is 235 g/mol. The molecule has 5 heteroatoms. The van der Waals surface area contributed by atoms with E-state index < -0.39 is 0 Å². The largest absolute Gasteiger partial charge is 0.481 e. The van der Waals surface area contributed by atoms with Gasteiger partial charge >= 0.3 is 0 Å². The number of carbonyl (C=O) groups excluding carboxylic acids is 1. The first kappa shape index (κ1) is 13.2. The van der Waals surface area contributed by atoms with Gasteiger partial charge in [0.15, 0.2) is 0 Å². The second-order valence-electron chi connectivity index (χ2n) is 3.37. The van der Waals surface area contributed by atoms with Gasteiger partial charge in [-0.3, -0.25) is 4.79 Å². The first-order chi connectivity index (χ1) is 8.27. The minimum atomic E-state index is -0.0715. The summed E-state index contributed by atoms with van der Waals surface area (Å²) in [4.78, 5) is 15.5. The summed E-state index contributed by atoms with van der Waals surface area (Å²) in [5.41, 5.74) is 0.854. The molecule has 0 saturated carbocycles. The van der Waals surface area contributed by atoms with Crippen LogP contribution < -0.4 is 15.4 Å². The van der Waals surface area contributed by atoms with Crippen molar-refractivity contribution in [1.82, 2.24) is 15.6 Å². The molecule has 0 saturated heterocycles. The van der Waals surface area contributed by atoms with Gasteiger partial charge in [-0.1, -0.05) is 12.1 Å². The minimum Gasteiger partial charge on any atom is -0.481 e. The van der Waals surface area contributed by atoms with Crippen LogP contribution in [0.4, 0.5) is 0 Å². The van der Waals surface area contributed by atoms with Gasteiger partial charge in [-0.05, 0) is 6.07 Å². The molecule has 0 fully saturated rings. The summed E-state index contributed by atoms with van der Waals surface area (Å²) in [6.07, 6.45) is 3.35. The Balaban J connectivity index is 2.39. The molecule has 0 aromatic carbocycles. The summed E-state index contributed by atoms with van der Waals surface area (Å²) in [7, 11) is 1.55. The lowest BCUT2D eigenvalue weighted by Gasteiger charge is -2.08. The summed E-state index contributed by atoms with van der Waals surface area (Å²) >= 11 is 0. The highest BCUT2D eigenvalue weighted by Crippen LogP contribution is 2.12. The van der Waals surface area contributed by atoms with Crippen molar-refractivity contribution in [1.29, 1.82) is 0 Å². The Morgan fingerprint density at radius 1 is 1.65 bits per heavy atom. The quantitative estimate of drug-likeness (QED) is 0.533. The highest BCUT2D eigenvalue weighted by molar-refractivity contribution is 5.78. The van der Waals surface area contributed by atoms with Crippen LogP contribution in [0, 0.1) is 0 Å². The van der Waals surface area contributed by atoms with Crippen LogP contribution in [0.15, 0.2) is 31.0 Å². The normalized spacial score (nSPS) is 9.71. The lowest BCUT2D eigenvalue weighted by Crippen LogP contribution is -2.33. The van der Waals surface area contributed by atoms with Crippen molar-refractivity contribution < 1.29 is 9.53 Å². The van der Waals surface area contributed by atoms with Gasteiger partial charge in [-0.15, -0.1) is 6.58 Å². The average Bonchev–Trinajstić information content (AvgIpc) is 2.37. The number of nitrogens with zero attached hydrogens (tertiary/aromatic N) is 1. The third-order valence-electron chi connectivity index (χ3n) is 2.09. The molecule has 0 aliphatic heterocycles. The van der Waals surface area contributed by atoms with Crippen LogP contribution in [0.2, 0.25) is 0 Å². The van der Waals surface area contributed by atoms with Crippen LogP contribution in [-0.2, 0) is 11.3 Å².